The van der Waals surface area contributed by atoms with Crippen molar-refractivity contribution >= 4 is 29.7 Å². The standard InChI is InChI=1S/C27H34N2O5S/c1-3-4-9-18(16-25(30)31)28-26(32)24(14-15-35-2)29-27(33)34-17-23-21-12-7-5-10-19(21)20-11-6-8-13-22(20)23/h5-8,10-13,18,23-24H,3-4,9,14-17H2,1-2H3,(H,28,32)(H,29,33)(H,30,31)/t18-,24?/m1/s1. The molecule has 7 nitrogen and oxygen atoms in total. The van der Waals surface area contributed by atoms with E-state index in [2.05, 4.69) is 34.9 Å². The highest BCUT2D eigenvalue weighted by Gasteiger charge is 2.30. The molecule has 3 rings (SSSR count). The first-order chi connectivity index (χ1) is 16.9. The van der Waals surface area contributed by atoms with Gasteiger partial charge in [-0.05, 0) is 47.1 Å². The van der Waals surface area contributed by atoms with E-state index in [1.54, 1.807) is 11.8 Å². The molecule has 8 heteroatoms. The van der Waals surface area contributed by atoms with Crippen LogP contribution in [0.5, 0.6) is 0 Å². The van der Waals surface area contributed by atoms with Gasteiger partial charge in [-0.25, -0.2) is 4.79 Å². The van der Waals surface area contributed by atoms with Crippen molar-refractivity contribution in [2.24, 2.45) is 0 Å². The smallest absolute Gasteiger partial charge is 0.407 e. The second-order valence-electron chi connectivity index (χ2n) is 8.75. The van der Waals surface area contributed by atoms with Crippen LogP contribution in [0, 0.1) is 0 Å². The molecule has 0 spiro atoms. The van der Waals surface area contributed by atoms with E-state index in [0.29, 0.717) is 18.6 Å². The molecular formula is C27H34N2O5S. The van der Waals surface area contributed by atoms with E-state index in [0.717, 1.165) is 35.1 Å². The maximum atomic E-state index is 12.9. The molecule has 0 fully saturated rings. The number of alkyl carbamates (subject to hydrolysis) is 1. The maximum Gasteiger partial charge on any atom is 0.407 e. The summed E-state index contributed by atoms with van der Waals surface area (Å²) in [5.41, 5.74) is 4.52. The number of thioether (sulfide) groups is 1. The summed E-state index contributed by atoms with van der Waals surface area (Å²) in [6.07, 6.45) is 3.84. The van der Waals surface area contributed by atoms with Crippen LogP contribution in [0.3, 0.4) is 0 Å². The molecule has 0 bridgehead atoms. The quantitative estimate of drug-likeness (QED) is 0.367. The van der Waals surface area contributed by atoms with E-state index in [9.17, 15) is 19.5 Å². The van der Waals surface area contributed by atoms with Crippen molar-refractivity contribution < 1.29 is 24.2 Å². The van der Waals surface area contributed by atoms with Gasteiger partial charge in [0.1, 0.15) is 12.6 Å². The van der Waals surface area contributed by atoms with Crippen molar-refractivity contribution in [2.45, 2.75) is 57.0 Å². The first-order valence-electron chi connectivity index (χ1n) is 12.1. The average Bonchev–Trinajstić information content (AvgIpc) is 3.17. The third kappa shape index (κ3) is 7.24. The van der Waals surface area contributed by atoms with Crippen molar-refractivity contribution in [2.75, 3.05) is 18.6 Å². The first-order valence-corrected chi connectivity index (χ1v) is 13.5. The van der Waals surface area contributed by atoms with Gasteiger partial charge in [0.05, 0.1) is 6.42 Å². The number of carboxylic acids is 1. The summed E-state index contributed by atoms with van der Waals surface area (Å²) in [6, 6.07) is 14.9. The van der Waals surface area contributed by atoms with Gasteiger partial charge in [-0.1, -0.05) is 68.3 Å². The summed E-state index contributed by atoms with van der Waals surface area (Å²) in [6.45, 7) is 2.18. The molecule has 1 aliphatic rings. The Balaban J connectivity index is 1.63. The lowest BCUT2D eigenvalue weighted by Gasteiger charge is -2.23. The van der Waals surface area contributed by atoms with Gasteiger partial charge in [0.15, 0.2) is 0 Å². The fraction of sp³-hybridized carbons (Fsp3) is 0.444. The topological polar surface area (TPSA) is 105 Å². The normalized spacial score (nSPS) is 13.9. The molecule has 2 aromatic carbocycles. The van der Waals surface area contributed by atoms with E-state index < -0.39 is 24.1 Å². The molecule has 35 heavy (non-hydrogen) atoms. The molecule has 1 unspecified atom stereocenters. The number of hydrogen-bond donors (Lipinski definition) is 3. The number of amides is 2. The number of ether oxygens (including phenoxy) is 1. The van der Waals surface area contributed by atoms with Crippen LogP contribution >= 0.6 is 11.8 Å². The SMILES string of the molecule is CCCC[C@H](CC(=O)O)NC(=O)C(CCSC)NC(=O)OCC1c2ccccc2-c2ccccc21. The zero-order chi connectivity index (χ0) is 25.2. The molecule has 3 N–H and O–H groups in total. The number of nitrogens with one attached hydrogen (secondary N) is 2. The van der Waals surface area contributed by atoms with Crippen molar-refractivity contribution in [1.82, 2.24) is 10.6 Å². The number of benzene rings is 2. The summed E-state index contributed by atoms with van der Waals surface area (Å²) in [4.78, 5) is 36.9. The van der Waals surface area contributed by atoms with Crippen LogP contribution in [0.25, 0.3) is 11.1 Å². The summed E-state index contributed by atoms with van der Waals surface area (Å²) >= 11 is 1.57. The number of carbonyl (C=O) groups excluding carboxylic acids is 2. The largest absolute Gasteiger partial charge is 0.481 e. The van der Waals surface area contributed by atoms with E-state index >= 15 is 0 Å². The molecule has 0 aliphatic heterocycles. The van der Waals surface area contributed by atoms with E-state index in [1.807, 2.05) is 37.4 Å². The minimum absolute atomic E-state index is 0.0689. The fourth-order valence-corrected chi connectivity index (χ4v) is 4.95. The number of fused-ring (bicyclic) bond motifs is 3. The Morgan fingerprint density at radius 2 is 1.63 bits per heavy atom. The summed E-state index contributed by atoms with van der Waals surface area (Å²) < 4.78 is 5.60. The van der Waals surface area contributed by atoms with Gasteiger partial charge in [0, 0.05) is 12.0 Å². The molecule has 2 atom stereocenters. The van der Waals surface area contributed by atoms with Crippen molar-refractivity contribution in [1.29, 1.82) is 0 Å². The highest BCUT2D eigenvalue weighted by Crippen LogP contribution is 2.44. The van der Waals surface area contributed by atoms with Gasteiger partial charge < -0.3 is 20.5 Å². The maximum absolute atomic E-state index is 12.9. The molecule has 2 amide bonds. The molecule has 0 heterocycles. The summed E-state index contributed by atoms with van der Waals surface area (Å²) in [5.74, 6) is -0.743. The lowest BCUT2D eigenvalue weighted by Crippen LogP contribution is -2.50. The Morgan fingerprint density at radius 3 is 2.20 bits per heavy atom. The predicted octanol–water partition coefficient (Wildman–Crippen LogP) is 4.80. The number of rotatable bonds is 13. The third-order valence-corrected chi connectivity index (χ3v) is 6.88. The van der Waals surface area contributed by atoms with Crippen LogP contribution < -0.4 is 10.6 Å². The monoisotopic (exact) mass is 498 g/mol. The summed E-state index contributed by atoms with van der Waals surface area (Å²) in [7, 11) is 0. The Hall–Kier alpha value is -3.00. The molecule has 0 saturated carbocycles. The second kappa shape index (κ2) is 13.2. The van der Waals surface area contributed by atoms with E-state index in [1.165, 1.54) is 0 Å². The number of carbonyl (C=O) groups is 3. The Bertz CT molecular complexity index is 983. The lowest BCUT2D eigenvalue weighted by atomic mass is 9.98. The van der Waals surface area contributed by atoms with Crippen LogP contribution in [0.4, 0.5) is 4.79 Å². The highest BCUT2D eigenvalue weighted by molar-refractivity contribution is 7.98. The van der Waals surface area contributed by atoms with Crippen molar-refractivity contribution in [3.63, 3.8) is 0 Å². The minimum Gasteiger partial charge on any atom is -0.481 e. The molecule has 0 aromatic heterocycles. The van der Waals surface area contributed by atoms with Gasteiger partial charge in [-0.3, -0.25) is 9.59 Å². The van der Waals surface area contributed by atoms with Crippen LogP contribution in [0.15, 0.2) is 48.5 Å². The van der Waals surface area contributed by atoms with Crippen LogP contribution in [-0.4, -0.2) is 53.8 Å². The zero-order valence-corrected chi connectivity index (χ0v) is 21.1. The molecule has 0 radical (unpaired) electrons. The van der Waals surface area contributed by atoms with Crippen LogP contribution in [-0.2, 0) is 14.3 Å². The number of hydrogen-bond acceptors (Lipinski definition) is 5. The Kier molecular flexibility index (Phi) is 10.0. The molecule has 2 aromatic rings. The zero-order valence-electron chi connectivity index (χ0n) is 20.3. The van der Waals surface area contributed by atoms with Crippen LogP contribution in [0.2, 0.25) is 0 Å². The van der Waals surface area contributed by atoms with Gasteiger partial charge in [0.2, 0.25) is 5.91 Å². The lowest BCUT2D eigenvalue weighted by molar-refractivity contribution is -0.137. The van der Waals surface area contributed by atoms with Crippen molar-refractivity contribution in [3.05, 3.63) is 59.7 Å². The van der Waals surface area contributed by atoms with E-state index in [-0.39, 0.29) is 24.9 Å². The fourth-order valence-electron chi connectivity index (χ4n) is 4.48. The number of carboxylic acid groups (broad SMARTS) is 1. The van der Waals surface area contributed by atoms with Crippen LogP contribution in [0.1, 0.15) is 56.1 Å². The molecule has 188 valence electrons. The predicted molar refractivity (Wildman–Crippen MR) is 139 cm³/mol. The summed E-state index contributed by atoms with van der Waals surface area (Å²) in [5, 5.41) is 14.7. The minimum atomic E-state index is -0.962. The third-order valence-electron chi connectivity index (χ3n) is 6.24. The molecular weight excluding hydrogens is 464 g/mol. The van der Waals surface area contributed by atoms with Gasteiger partial charge >= 0.3 is 12.1 Å². The Morgan fingerprint density at radius 1 is 1.00 bits per heavy atom. The average molecular weight is 499 g/mol. The van der Waals surface area contributed by atoms with Gasteiger partial charge in [-0.2, -0.15) is 11.8 Å². The Labute approximate surface area is 211 Å². The van der Waals surface area contributed by atoms with Crippen molar-refractivity contribution in [3.8, 4) is 11.1 Å². The molecule has 1 aliphatic carbocycles. The van der Waals surface area contributed by atoms with E-state index in [4.69, 9.17) is 4.74 Å². The van der Waals surface area contributed by atoms with Gasteiger partial charge in [-0.15, -0.1) is 0 Å². The molecule has 0 saturated heterocycles. The van der Waals surface area contributed by atoms with Gasteiger partial charge in [0.25, 0.3) is 0 Å². The second-order valence-corrected chi connectivity index (χ2v) is 9.74. The number of aliphatic carboxylic acids is 1. The highest BCUT2D eigenvalue weighted by atomic mass is 32.2. The number of unbranched alkanes of at least 4 members (excludes halogenated alkanes) is 1. The first kappa shape index (κ1) is 26.6.